The van der Waals surface area contributed by atoms with Gasteiger partial charge in [0.25, 0.3) is 0 Å². The number of aliphatic hydroxyl groups is 1. The Balaban J connectivity index is 2.25. The van der Waals surface area contributed by atoms with E-state index in [0.717, 1.165) is 19.3 Å². The quantitative estimate of drug-likeness (QED) is 0.601. The van der Waals surface area contributed by atoms with Crippen LogP contribution >= 0.6 is 0 Å². The zero-order chi connectivity index (χ0) is 8.10. The first kappa shape index (κ1) is 9.01. The van der Waals surface area contributed by atoms with Crippen molar-refractivity contribution >= 4 is 0 Å². The molecule has 2 nitrogen and oxygen atoms in total. The third-order valence-corrected chi connectivity index (χ3v) is 2.60. The fraction of sp³-hybridized carbons (Fsp3) is 1.00. The Morgan fingerprint density at radius 3 is 2.55 bits per heavy atom. The molecule has 0 saturated heterocycles. The van der Waals surface area contributed by atoms with E-state index in [9.17, 15) is 5.11 Å². The fourth-order valence-corrected chi connectivity index (χ4v) is 1.74. The highest BCUT2D eigenvalue weighted by molar-refractivity contribution is 4.71. The fourth-order valence-electron chi connectivity index (χ4n) is 1.74. The summed E-state index contributed by atoms with van der Waals surface area (Å²) in [7, 11) is 2.01. The molecule has 0 heterocycles. The van der Waals surface area contributed by atoms with E-state index in [-0.39, 0.29) is 6.10 Å². The van der Waals surface area contributed by atoms with Crippen molar-refractivity contribution < 1.29 is 5.11 Å². The Hall–Kier alpha value is -0.0800. The van der Waals surface area contributed by atoms with E-state index in [1.165, 1.54) is 19.3 Å². The zero-order valence-corrected chi connectivity index (χ0v) is 7.34. The molecule has 0 radical (unpaired) electrons. The third kappa shape index (κ3) is 3.21. The summed E-state index contributed by atoms with van der Waals surface area (Å²) in [5.41, 5.74) is 0. The minimum absolute atomic E-state index is 0.0360. The molecule has 0 bridgehead atoms. The summed E-state index contributed by atoms with van der Waals surface area (Å²) >= 11 is 0. The summed E-state index contributed by atoms with van der Waals surface area (Å²) < 4.78 is 0. The SMILES string of the molecule is CNC1CCCCC(O)CC1. The summed E-state index contributed by atoms with van der Waals surface area (Å²) in [6, 6.07) is 0.643. The van der Waals surface area contributed by atoms with Gasteiger partial charge in [-0.15, -0.1) is 0 Å². The van der Waals surface area contributed by atoms with Crippen LogP contribution in [0.1, 0.15) is 38.5 Å². The Labute approximate surface area is 69.0 Å². The molecule has 2 N–H and O–H groups in total. The highest BCUT2D eigenvalue weighted by atomic mass is 16.3. The van der Waals surface area contributed by atoms with Gasteiger partial charge in [-0.05, 0) is 32.7 Å². The predicted molar refractivity (Wildman–Crippen MR) is 46.6 cm³/mol. The second kappa shape index (κ2) is 4.73. The van der Waals surface area contributed by atoms with Crippen molar-refractivity contribution in [1.29, 1.82) is 0 Å². The second-order valence-corrected chi connectivity index (χ2v) is 3.50. The largest absolute Gasteiger partial charge is 0.393 e. The topological polar surface area (TPSA) is 32.3 Å². The van der Waals surface area contributed by atoms with Gasteiger partial charge in [0, 0.05) is 6.04 Å². The molecular weight excluding hydrogens is 138 g/mol. The van der Waals surface area contributed by atoms with Crippen molar-refractivity contribution in [2.45, 2.75) is 50.7 Å². The molecule has 1 aliphatic rings. The Morgan fingerprint density at radius 1 is 1.09 bits per heavy atom. The molecule has 1 fully saturated rings. The molecule has 0 aromatic rings. The van der Waals surface area contributed by atoms with E-state index in [4.69, 9.17) is 0 Å². The molecule has 0 aromatic carbocycles. The van der Waals surface area contributed by atoms with Gasteiger partial charge in [0.1, 0.15) is 0 Å². The van der Waals surface area contributed by atoms with Gasteiger partial charge in [0.05, 0.1) is 6.10 Å². The summed E-state index contributed by atoms with van der Waals surface area (Å²) in [6.07, 6.45) is 6.83. The third-order valence-electron chi connectivity index (χ3n) is 2.60. The number of nitrogens with one attached hydrogen (secondary N) is 1. The van der Waals surface area contributed by atoms with Gasteiger partial charge in [-0.2, -0.15) is 0 Å². The van der Waals surface area contributed by atoms with Crippen molar-refractivity contribution in [3.63, 3.8) is 0 Å². The van der Waals surface area contributed by atoms with Crippen molar-refractivity contribution in [1.82, 2.24) is 5.32 Å². The van der Waals surface area contributed by atoms with Crippen LogP contribution in [-0.4, -0.2) is 24.3 Å². The van der Waals surface area contributed by atoms with Crippen LogP contribution in [0.3, 0.4) is 0 Å². The van der Waals surface area contributed by atoms with E-state index in [1.807, 2.05) is 7.05 Å². The number of hydrogen-bond donors (Lipinski definition) is 2. The molecule has 0 aromatic heterocycles. The summed E-state index contributed by atoms with van der Waals surface area (Å²) in [5.74, 6) is 0. The molecule has 1 saturated carbocycles. The van der Waals surface area contributed by atoms with Crippen LogP contribution in [0.5, 0.6) is 0 Å². The minimum atomic E-state index is -0.0360. The van der Waals surface area contributed by atoms with Gasteiger partial charge in [0.2, 0.25) is 0 Å². The van der Waals surface area contributed by atoms with Crippen molar-refractivity contribution in [2.75, 3.05) is 7.05 Å². The molecular formula is C9H19NO. The summed E-state index contributed by atoms with van der Waals surface area (Å²) in [5, 5.41) is 12.7. The Bertz CT molecular complexity index is 106. The maximum absolute atomic E-state index is 9.40. The maximum Gasteiger partial charge on any atom is 0.0540 e. The number of rotatable bonds is 1. The van der Waals surface area contributed by atoms with Crippen LogP contribution in [0.15, 0.2) is 0 Å². The summed E-state index contributed by atoms with van der Waals surface area (Å²) in [6.45, 7) is 0. The molecule has 2 heteroatoms. The highest BCUT2D eigenvalue weighted by Crippen LogP contribution is 2.17. The molecule has 2 unspecified atom stereocenters. The first-order valence-electron chi connectivity index (χ1n) is 4.68. The lowest BCUT2D eigenvalue weighted by molar-refractivity contribution is 0.136. The zero-order valence-electron chi connectivity index (χ0n) is 7.34. The van der Waals surface area contributed by atoms with E-state index in [1.54, 1.807) is 0 Å². The van der Waals surface area contributed by atoms with Gasteiger partial charge in [-0.25, -0.2) is 0 Å². The number of aliphatic hydroxyl groups excluding tert-OH is 1. The minimum Gasteiger partial charge on any atom is -0.393 e. The standard InChI is InChI=1S/C9H19NO/c1-10-8-4-2-3-5-9(11)7-6-8/h8-11H,2-7H2,1H3. The van der Waals surface area contributed by atoms with Crippen LogP contribution in [0.25, 0.3) is 0 Å². The lowest BCUT2D eigenvalue weighted by atomic mass is 9.95. The highest BCUT2D eigenvalue weighted by Gasteiger charge is 2.13. The van der Waals surface area contributed by atoms with E-state index in [2.05, 4.69) is 5.32 Å². The van der Waals surface area contributed by atoms with Gasteiger partial charge >= 0.3 is 0 Å². The van der Waals surface area contributed by atoms with Crippen LogP contribution < -0.4 is 5.32 Å². The molecule has 0 aliphatic heterocycles. The van der Waals surface area contributed by atoms with Gasteiger partial charge in [-0.1, -0.05) is 12.8 Å². The first-order chi connectivity index (χ1) is 5.33. The van der Waals surface area contributed by atoms with Gasteiger partial charge in [-0.3, -0.25) is 0 Å². The normalized spacial score (nSPS) is 34.4. The first-order valence-corrected chi connectivity index (χ1v) is 4.68. The van der Waals surface area contributed by atoms with Crippen LogP contribution in [0, 0.1) is 0 Å². The monoisotopic (exact) mass is 157 g/mol. The Morgan fingerprint density at radius 2 is 1.82 bits per heavy atom. The molecule has 1 rings (SSSR count). The smallest absolute Gasteiger partial charge is 0.0540 e. The summed E-state index contributed by atoms with van der Waals surface area (Å²) in [4.78, 5) is 0. The van der Waals surface area contributed by atoms with E-state index >= 15 is 0 Å². The number of hydrogen-bond acceptors (Lipinski definition) is 2. The van der Waals surface area contributed by atoms with Crippen LogP contribution in [0.4, 0.5) is 0 Å². The lowest BCUT2D eigenvalue weighted by Crippen LogP contribution is -2.28. The van der Waals surface area contributed by atoms with Crippen molar-refractivity contribution in [3.05, 3.63) is 0 Å². The molecule has 0 spiro atoms. The van der Waals surface area contributed by atoms with E-state index in [0.29, 0.717) is 6.04 Å². The molecule has 0 amide bonds. The molecule has 1 aliphatic carbocycles. The predicted octanol–water partition coefficient (Wildman–Crippen LogP) is 1.29. The Kier molecular flexibility index (Phi) is 3.87. The molecule has 11 heavy (non-hydrogen) atoms. The van der Waals surface area contributed by atoms with Crippen LogP contribution in [0.2, 0.25) is 0 Å². The average Bonchev–Trinajstić information content (AvgIpc) is 1.98. The second-order valence-electron chi connectivity index (χ2n) is 3.50. The van der Waals surface area contributed by atoms with Crippen molar-refractivity contribution in [2.24, 2.45) is 0 Å². The van der Waals surface area contributed by atoms with E-state index < -0.39 is 0 Å². The molecule has 66 valence electrons. The lowest BCUT2D eigenvalue weighted by Gasteiger charge is -2.21. The van der Waals surface area contributed by atoms with Gasteiger partial charge in [0.15, 0.2) is 0 Å². The van der Waals surface area contributed by atoms with Crippen LogP contribution in [-0.2, 0) is 0 Å². The maximum atomic E-state index is 9.40. The van der Waals surface area contributed by atoms with Crippen molar-refractivity contribution in [3.8, 4) is 0 Å². The average molecular weight is 157 g/mol. The molecule has 2 atom stereocenters. The van der Waals surface area contributed by atoms with Gasteiger partial charge < -0.3 is 10.4 Å².